The van der Waals surface area contributed by atoms with Gasteiger partial charge < -0.3 is 15.2 Å². The van der Waals surface area contributed by atoms with Gasteiger partial charge >= 0.3 is 0 Å². The molecular weight excluding hydrogens is 441 g/mol. The molecule has 1 aromatic rings. The van der Waals surface area contributed by atoms with E-state index in [-0.39, 0.29) is 24.0 Å². The molecule has 0 bridgehead atoms. The van der Waals surface area contributed by atoms with Gasteiger partial charge in [0.1, 0.15) is 12.4 Å². The third kappa shape index (κ3) is 7.06. The Morgan fingerprint density at radius 3 is 2.58 bits per heavy atom. The summed E-state index contributed by atoms with van der Waals surface area (Å²) in [6.07, 6.45) is 4.04. The van der Waals surface area contributed by atoms with Crippen molar-refractivity contribution in [2.75, 3.05) is 26.2 Å². The van der Waals surface area contributed by atoms with Crippen LogP contribution >= 0.6 is 24.0 Å². The first kappa shape index (κ1) is 22.6. The fourth-order valence-electron chi connectivity index (χ4n) is 2.87. The number of aromatic nitrogens is 3. The number of hydrogen-bond donors (Lipinski definition) is 2. The third-order valence-corrected chi connectivity index (χ3v) is 4.40. The van der Waals surface area contributed by atoms with Crippen molar-refractivity contribution in [2.24, 2.45) is 12.0 Å². The largest absolute Gasteiger partial charge is 0.354 e. The molecule has 1 aliphatic rings. The predicted octanol–water partition coefficient (Wildman–Crippen LogP) is 2.00. The predicted molar refractivity (Wildman–Crippen MR) is 118 cm³/mol. The molecule has 146 valence electrons. The Morgan fingerprint density at radius 1 is 1.35 bits per heavy atom. The quantitative estimate of drug-likeness (QED) is 0.275. The van der Waals surface area contributed by atoms with Crippen molar-refractivity contribution in [1.29, 1.82) is 0 Å². The van der Waals surface area contributed by atoms with Crippen molar-refractivity contribution in [2.45, 2.75) is 39.3 Å². The topological polar surface area (TPSA) is 70.4 Å². The summed E-state index contributed by atoms with van der Waals surface area (Å²) in [6, 6.07) is 0.429. The maximum atomic E-state index is 4.66. The molecule has 1 aromatic heterocycles. The van der Waals surface area contributed by atoms with E-state index in [1.807, 2.05) is 24.6 Å². The molecule has 0 aliphatic carbocycles. The van der Waals surface area contributed by atoms with Crippen LogP contribution < -0.4 is 10.6 Å². The number of hydrogen-bond acceptors (Lipinski definition) is 4. The summed E-state index contributed by atoms with van der Waals surface area (Å²) in [5.41, 5.74) is 1.22. The van der Waals surface area contributed by atoms with Crippen LogP contribution in [0.2, 0.25) is 0 Å². The lowest BCUT2D eigenvalue weighted by Gasteiger charge is -2.33. The Morgan fingerprint density at radius 2 is 2.04 bits per heavy atom. The fourth-order valence-corrected chi connectivity index (χ4v) is 2.87. The summed E-state index contributed by atoms with van der Waals surface area (Å²) >= 11 is 0. The van der Waals surface area contributed by atoms with E-state index < -0.39 is 0 Å². The highest BCUT2D eigenvalue weighted by molar-refractivity contribution is 14.0. The number of piperidine rings is 1. The lowest BCUT2D eigenvalue weighted by Crippen LogP contribution is -2.49. The molecule has 1 fully saturated rings. The zero-order chi connectivity index (χ0) is 18.2. The molecule has 2 heterocycles. The Hall–Kier alpha value is -1.42. The smallest absolute Gasteiger partial charge is 0.192 e. The lowest BCUT2D eigenvalue weighted by molar-refractivity contribution is 0.221. The Kier molecular flexibility index (Phi) is 9.85. The van der Waals surface area contributed by atoms with E-state index in [1.165, 1.54) is 5.57 Å². The van der Waals surface area contributed by atoms with Crippen LogP contribution in [0.3, 0.4) is 0 Å². The van der Waals surface area contributed by atoms with Crippen LogP contribution in [0, 0.1) is 6.92 Å². The molecule has 0 unspecified atom stereocenters. The van der Waals surface area contributed by atoms with E-state index in [9.17, 15) is 0 Å². The number of nitrogens with zero attached hydrogens (tertiary/aromatic N) is 5. The van der Waals surface area contributed by atoms with Crippen molar-refractivity contribution in [1.82, 2.24) is 30.3 Å². The van der Waals surface area contributed by atoms with E-state index in [0.29, 0.717) is 19.1 Å². The van der Waals surface area contributed by atoms with Gasteiger partial charge in [0, 0.05) is 39.3 Å². The second-order valence-corrected chi connectivity index (χ2v) is 6.71. The van der Waals surface area contributed by atoms with Crippen molar-refractivity contribution >= 4 is 29.9 Å². The van der Waals surface area contributed by atoms with E-state index in [0.717, 1.165) is 50.1 Å². The van der Waals surface area contributed by atoms with Gasteiger partial charge in [0.25, 0.3) is 0 Å². The normalized spacial score (nSPS) is 16.0. The molecule has 0 aromatic carbocycles. The Bertz CT molecular complexity index is 615. The maximum Gasteiger partial charge on any atom is 0.192 e. The minimum Gasteiger partial charge on any atom is -0.354 e. The zero-order valence-electron chi connectivity index (χ0n) is 16.2. The first-order chi connectivity index (χ1) is 12.0. The average molecular weight is 473 g/mol. The van der Waals surface area contributed by atoms with Crippen LogP contribution in [0.4, 0.5) is 0 Å². The maximum absolute atomic E-state index is 4.66. The molecule has 0 amide bonds. The first-order valence-corrected chi connectivity index (χ1v) is 8.87. The van der Waals surface area contributed by atoms with E-state index in [2.05, 4.69) is 50.8 Å². The summed E-state index contributed by atoms with van der Waals surface area (Å²) in [5.74, 6) is 2.55. The molecule has 0 atom stereocenters. The number of halogens is 1. The summed E-state index contributed by atoms with van der Waals surface area (Å²) in [6.45, 7) is 16.1. The lowest BCUT2D eigenvalue weighted by atomic mass is 10.0. The summed E-state index contributed by atoms with van der Waals surface area (Å²) < 4.78 is 1.96. The van der Waals surface area contributed by atoms with Crippen LogP contribution in [-0.4, -0.2) is 57.8 Å². The Balaban J connectivity index is 0.00000338. The van der Waals surface area contributed by atoms with Crippen LogP contribution in [-0.2, 0) is 13.6 Å². The molecule has 1 aliphatic heterocycles. The third-order valence-electron chi connectivity index (χ3n) is 4.40. The molecule has 0 saturated carbocycles. The molecule has 2 rings (SSSR count). The molecule has 0 radical (unpaired) electrons. The highest BCUT2D eigenvalue weighted by Crippen LogP contribution is 2.11. The van der Waals surface area contributed by atoms with Gasteiger partial charge in [0.2, 0.25) is 0 Å². The number of nitrogens with one attached hydrogen (secondary N) is 2. The second kappa shape index (κ2) is 11.3. The van der Waals surface area contributed by atoms with Gasteiger partial charge in [-0.25, -0.2) is 4.99 Å². The standard InChI is InChI=1S/C18H31N7.HI/c1-6-9-19-18(20-12-17-23-22-15(4)24(17)5)21-16-7-10-25(11-8-16)13-14(2)3;/h6,16H,1-2,7-13H2,3-5H3,(H2,19,20,21);1H. The second-order valence-electron chi connectivity index (χ2n) is 6.71. The summed E-state index contributed by atoms with van der Waals surface area (Å²) in [5, 5.41) is 15.1. The van der Waals surface area contributed by atoms with E-state index in [1.54, 1.807) is 0 Å². The summed E-state index contributed by atoms with van der Waals surface area (Å²) in [7, 11) is 1.96. The van der Waals surface area contributed by atoms with Gasteiger partial charge in [-0.05, 0) is 26.7 Å². The van der Waals surface area contributed by atoms with Crippen molar-refractivity contribution in [3.63, 3.8) is 0 Å². The number of guanidine groups is 1. The molecule has 0 spiro atoms. The number of aryl methyl sites for hydroxylation is 1. The molecular formula is C18H32IN7. The average Bonchev–Trinajstić information content (AvgIpc) is 2.90. The molecule has 8 heteroatoms. The zero-order valence-corrected chi connectivity index (χ0v) is 18.5. The highest BCUT2D eigenvalue weighted by atomic mass is 127. The fraction of sp³-hybridized carbons (Fsp3) is 0.611. The SMILES string of the molecule is C=CCNC(=NCc1nnc(C)n1C)NC1CCN(CC(=C)C)CC1.I. The van der Waals surface area contributed by atoms with Gasteiger partial charge in [0.05, 0.1) is 0 Å². The van der Waals surface area contributed by atoms with Crippen molar-refractivity contribution in [3.05, 3.63) is 36.5 Å². The first-order valence-electron chi connectivity index (χ1n) is 8.87. The molecule has 26 heavy (non-hydrogen) atoms. The number of likely N-dealkylation sites (tertiary alicyclic amines) is 1. The molecule has 2 N–H and O–H groups in total. The summed E-state index contributed by atoms with van der Waals surface area (Å²) in [4.78, 5) is 7.12. The van der Waals surface area contributed by atoms with Gasteiger partial charge in [0.15, 0.2) is 11.8 Å². The highest BCUT2D eigenvalue weighted by Gasteiger charge is 2.19. The van der Waals surface area contributed by atoms with Crippen LogP contribution in [0.25, 0.3) is 0 Å². The van der Waals surface area contributed by atoms with Crippen LogP contribution in [0.5, 0.6) is 0 Å². The van der Waals surface area contributed by atoms with Gasteiger partial charge in [-0.2, -0.15) is 0 Å². The van der Waals surface area contributed by atoms with Gasteiger partial charge in [-0.15, -0.1) is 40.8 Å². The van der Waals surface area contributed by atoms with Gasteiger partial charge in [-0.3, -0.25) is 4.90 Å². The van der Waals surface area contributed by atoms with Crippen molar-refractivity contribution in [3.8, 4) is 0 Å². The minimum absolute atomic E-state index is 0. The molecule has 7 nitrogen and oxygen atoms in total. The minimum atomic E-state index is 0. The van der Waals surface area contributed by atoms with Crippen LogP contribution in [0.1, 0.15) is 31.4 Å². The Labute approximate surface area is 174 Å². The number of rotatable bonds is 7. The van der Waals surface area contributed by atoms with E-state index in [4.69, 9.17) is 0 Å². The molecule has 1 saturated heterocycles. The van der Waals surface area contributed by atoms with Crippen LogP contribution in [0.15, 0.2) is 29.8 Å². The number of aliphatic imine (C=N–C) groups is 1. The van der Waals surface area contributed by atoms with E-state index >= 15 is 0 Å². The van der Waals surface area contributed by atoms with Crippen molar-refractivity contribution < 1.29 is 0 Å². The monoisotopic (exact) mass is 473 g/mol. The van der Waals surface area contributed by atoms with Gasteiger partial charge in [-0.1, -0.05) is 18.2 Å².